The molecule has 26 heavy (non-hydrogen) atoms. The number of amides is 2. The van der Waals surface area contributed by atoms with Gasteiger partial charge in [-0.25, -0.2) is 5.43 Å². The van der Waals surface area contributed by atoms with Crippen molar-refractivity contribution in [3.8, 4) is 5.75 Å². The van der Waals surface area contributed by atoms with Crippen molar-refractivity contribution in [2.24, 2.45) is 5.10 Å². The first-order chi connectivity index (χ1) is 12.4. The zero-order chi connectivity index (χ0) is 19.1. The smallest absolute Gasteiger partial charge is 0.296 e. The Morgan fingerprint density at radius 3 is 2.73 bits per heavy atom. The summed E-state index contributed by atoms with van der Waals surface area (Å²) in [6.45, 7) is 1.57. The first-order valence-corrected chi connectivity index (χ1v) is 8.28. The van der Waals surface area contributed by atoms with E-state index in [1.165, 1.54) is 36.6 Å². The number of hydrogen-bond donors (Lipinski definition) is 2. The number of methoxy groups -OCH3 is 1. The van der Waals surface area contributed by atoms with Crippen LogP contribution >= 0.6 is 11.3 Å². The van der Waals surface area contributed by atoms with Crippen LogP contribution < -0.4 is 15.5 Å². The fourth-order valence-electron chi connectivity index (χ4n) is 1.97. The van der Waals surface area contributed by atoms with Gasteiger partial charge in [0.1, 0.15) is 11.4 Å². The monoisotopic (exact) mass is 376 g/mol. The Kier molecular flexibility index (Phi) is 6.39. The Morgan fingerprint density at radius 1 is 1.35 bits per heavy atom. The van der Waals surface area contributed by atoms with Gasteiger partial charge in [0.05, 0.1) is 29.4 Å². The lowest BCUT2D eigenvalue weighted by atomic mass is 10.2. The number of nitrogens with one attached hydrogen (secondary N) is 2. The minimum absolute atomic E-state index is 0.0521. The number of nitrogens with zero attached hydrogens (tertiary/aromatic N) is 2. The molecule has 2 rings (SSSR count). The molecule has 2 amide bonds. The lowest BCUT2D eigenvalue weighted by Gasteiger charge is -2.07. The van der Waals surface area contributed by atoms with E-state index in [-0.39, 0.29) is 23.7 Å². The van der Waals surface area contributed by atoms with Gasteiger partial charge in [-0.15, -0.1) is 11.3 Å². The second-order valence-electron chi connectivity index (χ2n) is 5.13. The highest BCUT2D eigenvalue weighted by atomic mass is 32.1. The maximum Gasteiger partial charge on any atom is 0.296 e. The van der Waals surface area contributed by atoms with Gasteiger partial charge in [-0.3, -0.25) is 19.7 Å². The summed E-state index contributed by atoms with van der Waals surface area (Å²) in [4.78, 5) is 34.8. The molecule has 0 saturated carbocycles. The van der Waals surface area contributed by atoms with E-state index in [2.05, 4.69) is 15.8 Å². The molecule has 10 heteroatoms. The molecule has 0 aliphatic heterocycles. The van der Waals surface area contributed by atoms with Crippen LogP contribution in [0.25, 0.3) is 0 Å². The molecule has 136 valence electrons. The molecule has 0 atom stereocenters. The zero-order valence-electron chi connectivity index (χ0n) is 14.0. The van der Waals surface area contributed by atoms with Gasteiger partial charge < -0.3 is 10.1 Å². The molecule has 0 unspecified atom stereocenters. The number of hydrogen-bond acceptors (Lipinski definition) is 7. The number of rotatable bonds is 7. The van der Waals surface area contributed by atoms with Gasteiger partial charge in [-0.2, -0.15) is 5.10 Å². The van der Waals surface area contributed by atoms with Crippen LogP contribution in [0, 0.1) is 10.1 Å². The van der Waals surface area contributed by atoms with Crippen molar-refractivity contribution < 1.29 is 19.2 Å². The van der Waals surface area contributed by atoms with E-state index < -0.39 is 10.8 Å². The Morgan fingerprint density at radius 2 is 2.12 bits per heavy atom. The average molecular weight is 376 g/mol. The van der Waals surface area contributed by atoms with E-state index in [1.54, 1.807) is 24.4 Å². The van der Waals surface area contributed by atoms with Crippen molar-refractivity contribution in [3.05, 3.63) is 50.7 Å². The summed E-state index contributed by atoms with van der Waals surface area (Å²) in [6.07, 6.45) is -0.131. The second kappa shape index (κ2) is 8.72. The van der Waals surface area contributed by atoms with Gasteiger partial charge in [0, 0.05) is 5.71 Å². The molecule has 0 radical (unpaired) electrons. The molecule has 0 fully saturated rings. The van der Waals surface area contributed by atoms with Gasteiger partial charge in [-0.05, 0) is 30.5 Å². The van der Waals surface area contributed by atoms with Gasteiger partial charge in [0.25, 0.3) is 11.6 Å². The predicted molar refractivity (Wildman–Crippen MR) is 97.8 cm³/mol. The number of nitro groups is 1. The summed E-state index contributed by atoms with van der Waals surface area (Å²) in [5, 5.41) is 19.2. The van der Waals surface area contributed by atoms with E-state index in [0.29, 0.717) is 16.3 Å². The molecular weight excluding hydrogens is 360 g/mol. The largest absolute Gasteiger partial charge is 0.496 e. The molecule has 9 nitrogen and oxygen atoms in total. The van der Waals surface area contributed by atoms with Crippen molar-refractivity contribution in [3.63, 3.8) is 0 Å². The molecule has 0 aliphatic rings. The summed E-state index contributed by atoms with van der Waals surface area (Å²) in [7, 11) is 1.39. The lowest BCUT2D eigenvalue weighted by Crippen LogP contribution is -2.21. The summed E-state index contributed by atoms with van der Waals surface area (Å²) in [6, 6.07) is 7.51. The van der Waals surface area contributed by atoms with Gasteiger partial charge in [0.15, 0.2) is 0 Å². The molecule has 0 spiro atoms. The minimum atomic E-state index is -0.611. The fraction of sp³-hybridized carbons (Fsp3) is 0.188. The summed E-state index contributed by atoms with van der Waals surface area (Å²) in [5.74, 6) is -0.556. The number of anilines is 1. The van der Waals surface area contributed by atoms with Crippen molar-refractivity contribution in [2.75, 3.05) is 12.4 Å². The average Bonchev–Trinajstić information content (AvgIpc) is 3.14. The van der Waals surface area contributed by atoms with Crippen molar-refractivity contribution in [1.29, 1.82) is 0 Å². The number of benzene rings is 1. The first-order valence-electron chi connectivity index (χ1n) is 7.40. The molecular formula is C16H16N4O5S. The maximum absolute atomic E-state index is 12.1. The number of thiophene rings is 1. The van der Waals surface area contributed by atoms with E-state index in [4.69, 9.17) is 4.74 Å². The topological polar surface area (TPSA) is 123 Å². The number of ether oxygens (including phenoxy) is 1. The van der Waals surface area contributed by atoms with Crippen LogP contribution in [0.2, 0.25) is 0 Å². The quantitative estimate of drug-likeness (QED) is 0.437. The highest BCUT2D eigenvalue weighted by Crippen LogP contribution is 2.29. The molecule has 0 bridgehead atoms. The van der Waals surface area contributed by atoms with Crippen LogP contribution in [0.1, 0.15) is 23.0 Å². The SMILES string of the molecule is COc1ccc(NC(=O)CC(C)=NNC(=O)c2cccs2)c([N+](=O)[O-])c1. The van der Waals surface area contributed by atoms with Crippen LogP contribution in [0.4, 0.5) is 11.4 Å². The van der Waals surface area contributed by atoms with Crippen LogP contribution in [0.5, 0.6) is 5.75 Å². The molecule has 0 aliphatic carbocycles. The lowest BCUT2D eigenvalue weighted by molar-refractivity contribution is -0.384. The van der Waals surface area contributed by atoms with Crippen LogP contribution in [0.15, 0.2) is 40.8 Å². The third-order valence-electron chi connectivity index (χ3n) is 3.19. The molecule has 2 N–H and O–H groups in total. The minimum Gasteiger partial charge on any atom is -0.496 e. The normalized spacial score (nSPS) is 10.9. The molecule has 0 saturated heterocycles. The van der Waals surface area contributed by atoms with Gasteiger partial charge in [0.2, 0.25) is 5.91 Å². The molecule has 2 aromatic rings. The summed E-state index contributed by atoms with van der Waals surface area (Å²) >= 11 is 1.27. The van der Waals surface area contributed by atoms with E-state index in [0.717, 1.165) is 0 Å². The third kappa shape index (κ3) is 5.11. The van der Waals surface area contributed by atoms with E-state index in [1.807, 2.05) is 0 Å². The standard InChI is InChI=1S/C16H16N4O5S/c1-10(18-19-16(22)14-4-3-7-26-14)8-15(21)17-12-6-5-11(25-2)9-13(12)20(23)24/h3-7,9H,8H2,1-2H3,(H,17,21)(H,19,22). The van der Waals surface area contributed by atoms with Gasteiger partial charge in [-0.1, -0.05) is 6.07 Å². The van der Waals surface area contributed by atoms with E-state index in [9.17, 15) is 19.7 Å². The van der Waals surface area contributed by atoms with Gasteiger partial charge >= 0.3 is 0 Å². The van der Waals surface area contributed by atoms with E-state index >= 15 is 0 Å². The van der Waals surface area contributed by atoms with Crippen LogP contribution in [-0.2, 0) is 4.79 Å². The fourth-order valence-corrected chi connectivity index (χ4v) is 2.58. The number of carbonyl (C=O) groups excluding carboxylic acids is 2. The highest BCUT2D eigenvalue weighted by molar-refractivity contribution is 7.12. The van der Waals surface area contributed by atoms with Crippen molar-refractivity contribution >= 4 is 40.2 Å². The van der Waals surface area contributed by atoms with Crippen molar-refractivity contribution in [2.45, 2.75) is 13.3 Å². The number of nitro benzene ring substituents is 1. The maximum atomic E-state index is 12.1. The Labute approximate surface area is 152 Å². The first kappa shape index (κ1) is 19.1. The van der Waals surface area contributed by atoms with Crippen LogP contribution in [-0.4, -0.2) is 29.6 Å². The Bertz CT molecular complexity index is 848. The summed E-state index contributed by atoms with van der Waals surface area (Å²) < 4.78 is 4.94. The number of carbonyl (C=O) groups is 2. The highest BCUT2D eigenvalue weighted by Gasteiger charge is 2.17. The molecule has 1 heterocycles. The predicted octanol–water partition coefficient (Wildman–Crippen LogP) is 2.80. The van der Waals surface area contributed by atoms with Crippen molar-refractivity contribution in [1.82, 2.24) is 5.43 Å². The zero-order valence-corrected chi connectivity index (χ0v) is 14.8. The molecule has 1 aromatic heterocycles. The molecule has 1 aromatic carbocycles. The third-order valence-corrected chi connectivity index (χ3v) is 4.05. The summed E-state index contributed by atoms with van der Waals surface area (Å²) in [5.41, 5.74) is 2.48. The van der Waals surface area contributed by atoms with Crippen LogP contribution in [0.3, 0.4) is 0 Å². The Hall–Kier alpha value is -3.27. The second-order valence-corrected chi connectivity index (χ2v) is 6.08. The Balaban J connectivity index is 1.98. The number of hydrazone groups is 1.